The highest BCUT2D eigenvalue weighted by Gasteiger charge is 2.15. The Kier molecular flexibility index (Phi) is 6.00. The summed E-state index contributed by atoms with van der Waals surface area (Å²) in [7, 11) is 3.11. The van der Waals surface area contributed by atoms with Crippen LogP contribution in [-0.4, -0.2) is 39.6 Å². The Balaban J connectivity index is 1.52. The van der Waals surface area contributed by atoms with Gasteiger partial charge in [-0.1, -0.05) is 0 Å². The molecule has 2 aromatic carbocycles. The molecule has 11 nitrogen and oxygen atoms in total. The maximum Gasteiger partial charge on any atom is 0.271 e. The summed E-state index contributed by atoms with van der Waals surface area (Å²) < 4.78 is 11.8. The zero-order chi connectivity index (χ0) is 23.5. The van der Waals surface area contributed by atoms with Gasteiger partial charge in [0.2, 0.25) is 5.91 Å². The van der Waals surface area contributed by atoms with E-state index < -0.39 is 16.4 Å². The number of ether oxygens (including phenoxy) is 2. The number of benzene rings is 2. The van der Waals surface area contributed by atoms with Crippen molar-refractivity contribution in [2.45, 2.75) is 6.54 Å². The Labute approximate surface area is 190 Å². The molecule has 1 amide bonds. The molecule has 1 N–H and O–H groups in total. The number of amides is 1. The van der Waals surface area contributed by atoms with E-state index in [1.54, 1.807) is 37.8 Å². The summed E-state index contributed by atoms with van der Waals surface area (Å²) in [5.74, 6) is 0.768. The van der Waals surface area contributed by atoms with Gasteiger partial charge < -0.3 is 14.8 Å². The molecule has 4 rings (SSSR count). The van der Waals surface area contributed by atoms with Crippen LogP contribution in [0.3, 0.4) is 0 Å². The normalized spacial score (nSPS) is 10.7. The van der Waals surface area contributed by atoms with Crippen LogP contribution in [0.5, 0.6) is 11.5 Å². The minimum Gasteiger partial charge on any atom is -0.497 e. The first kappa shape index (κ1) is 21.9. The van der Waals surface area contributed by atoms with Crippen molar-refractivity contribution in [3.05, 3.63) is 68.6 Å². The van der Waals surface area contributed by atoms with Crippen molar-refractivity contribution in [3.8, 4) is 22.8 Å². The lowest BCUT2D eigenvalue weighted by molar-refractivity contribution is -0.384. The van der Waals surface area contributed by atoms with E-state index in [2.05, 4.69) is 15.3 Å². The average molecular weight is 467 g/mol. The minimum atomic E-state index is -0.566. The zero-order valence-corrected chi connectivity index (χ0v) is 18.3. The van der Waals surface area contributed by atoms with Crippen LogP contribution < -0.4 is 20.3 Å². The van der Waals surface area contributed by atoms with Crippen LogP contribution in [-0.2, 0) is 11.3 Å². The molecule has 0 saturated heterocycles. The monoisotopic (exact) mass is 467 g/mol. The van der Waals surface area contributed by atoms with Gasteiger partial charge in [-0.15, -0.1) is 11.3 Å². The quantitative estimate of drug-likeness (QED) is 0.323. The summed E-state index contributed by atoms with van der Waals surface area (Å²) in [6, 6.07) is 9.07. The molecule has 0 aliphatic heterocycles. The average Bonchev–Trinajstić information content (AvgIpc) is 3.28. The van der Waals surface area contributed by atoms with Crippen molar-refractivity contribution in [3.63, 3.8) is 0 Å². The van der Waals surface area contributed by atoms with E-state index in [-0.39, 0.29) is 23.1 Å². The second-order valence-electron chi connectivity index (χ2n) is 6.79. The summed E-state index contributed by atoms with van der Waals surface area (Å²) >= 11 is 1.22. The first-order valence-electron chi connectivity index (χ1n) is 9.51. The summed E-state index contributed by atoms with van der Waals surface area (Å²) in [4.78, 5) is 44.0. The van der Waals surface area contributed by atoms with Crippen molar-refractivity contribution in [2.75, 3.05) is 19.5 Å². The maximum atomic E-state index is 12.7. The molecular formula is C21H17N5O6S. The molecule has 4 aromatic rings. The number of nitro benzene ring substituents is 1. The van der Waals surface area contributed by atoms with Crippen LogP contribution in [0.25, 0.3) is 22.2 Å². The molecule has 0 aliphatic carbocycles. The van der Waals surface area contributed by atoms with E-state index in [0.717, 1.165) is 4.57 Å². The Morgan fingerprint density at radius 2 is 2.03 bits per heavy atom. The van der Waals surface area contributed by atoms with E-state index >= 15 is 0 Å². The van der Waals surface area contributed by atoms with Crippen molar-refractivity contribution in [1.29, 1.82) is 0 Å². The molecular weight excluding hydrogens is 450 g/mol. The van der Waals surface area contributed by atoms with E-state index in [9.17, 15) is 19.7 Å². The number of fused-ring (bicyclic) bond motifs is 1. The van der Waals surface area contributed by atoms with E-state index in [1.807, 2.05) is 0 Å². The molecule has 12 heteroatoms. The molecule has 0 aliphatic rings. The van der Waals surface area contributed by atoms with Crippen LogP contribution in [0.2, 0.25) is 0 Å². The van der Waals surface area contributed by atoms with Gasteiger partial charge in [0, 0.05) is 23.1 Å². The third kappa shape index (κ3) is 4.50. The highest BCUT2D eigenvalue weighted by molar-refractivity contribution is 7.14. The summed E-state index contributed by atoms with van der Waals surface area (Å²) in [5, 5.41) is 15.9. The van der Waals surface area contributed by atoms with E-state index in [1.165, 1.54) is 35.9 Å². The summed E-state index contributed by atoms with van der Waals surface area (Å²) in [6.45, 7) is -0.295. The molecule has 33 heavy (non-hydrogen) atoms. The van der Waals surface area contributed by atoms with Crippen LogP contribution in [0.15, 0.2) is 52.9 Å². The third-order valence-electron chi connectivity index (χ3n) is 4.77. The first-order valence-corrected chi connectivity index (χ1v) is 10.4. The standard InChI is InChI=1S/C21H17N5O6S/c1-31-13-4-6-18(32-2)15(8-13)17-10-33-21(23-17)24-19(27)9-25-11-22-16-7-12(26(29)30)3-5-14(16)20(25)28/h3-8,10-11H,9H2,1-2H3,(H,23,24,27). The van der Waals surface area contributed by atoms with Gasteiger partial charge in [-0.2, -0.15) is 0 Å². The molecule has 0 fully saturated rings. The number of aromatic nitrogens is 3. The van der Waals surface area contributed by atoms with Gasteiger partial charge in [-0.3, -0.25) is 24.3 Å². The SMILES string of the molecule is COc1ccc(OC)c(-c2csc(NC(=O)Cn3cnc4cc([N+](=O)[O-])ccc4c3=O)n2)c1. The summed E-state index contributed by atoms with van der Waals surface area (Å²) in [5.41, 5.74) is 0.834. The lowest BCUT2D eigenvalue weighted by Crippen LogP contribution is -2.27. The van der Waals surface area contributed by atoms with Crippen molar-refractivity contribution in [2.24, 2.45) is 0 Å². The molecule has 0 radical (unpaired) electrons. The fraction of sp³-hybridized carbons (Fsp3) is 0.143. The zero-order valence-electron chi connectivity index (χ0n) is 17.5. The fourth-order valence-electron chi connectivity index (χ4n) is 3.16. The molecule has 0 unspecified atom stereocenters. The number of nitrogens with one attached hydrogen (secondary N) is 1. The number of hydrogen-bond acceptors (Lipinski definition) is 9. The number of non-ortho nitro benzene ring substituents is 1. The smallest absolute Gasteiger partial charge is 0.271 e. The molecule has 0 atom stereocenters. The van der Waals surface area contributed by atoms with Crippen LogP contribution >= 0.6 is 11.3 Å². The number of methoxy groups -OCH3 is 2. The topological polar surface area (TPSA) is 138 Å². The van der Waals surface area contributed by atoms with Gasteiger partial charge in [-0.25, -0.2) is 9.97 Å². The van der Waals surface area contributed by atoms with E-state index in [4.69, 9.17) is 9.47 Å². The number of nitrogens with zero attached hydrogens (tertiary/aromatic N) is 4. The Morgan fingerprint density at radius 3 is 2.76 bits per heavy atom. The number of carbonyl (C=O) groups excluding carboxylic acids is 1. The highest BCUT2D eigenvalue weighted by Crippen LogP contribution is 2.35. The van der Waals surface area contributed by atoms with E-state index in [0.29, 0.717) is 27.9 Å². The van der Waals surface area contributed by atoms with Gasteiger partial charge in [0.25, 0.3) is 11.2 Å². The second kappa shape index (κ2) is 9.04. The molecule has 0 saturated carbocycles. The molecule has 2 aromatic heterocycles. The number of rotatable bonds is 7. The number of nitro groups is 1. The molecule has 2 heterocycles. The fourth-order valence-corrected chi connectivity index (χ4v) is 3.88. The van der Waals surface area contributed by atoms with Gasteiger partial charge in [0.05, 0.1) is 42.1 Å². The minimum absolute atomic E-state index is 0.169. The van der Waals surface area contributed by atoms with Gasteiger partial charge in [0.1, 0.15) is 18.0 Å². The van der Waals surface area contributed by atoms with Crippen LogP contribution in [0.4, 0.5) is 10.8 Å². The van der Waals surface area contributed by atoms with Crippen molar-refractivity contribution in [1.82, 2.24) is 14.5 Å². The number of anilines is 1. The first-order chi connectivity index (χ1) is 15.9. The number of carbonyl (C=O) groups is 1. The number of thiazole rings is 1. The molecule has 0 spiro atoms. The number of hydrogen-bond donors (Lipinski definition) is 1. The van der Waals surface area contributed by atoms with Gasteiger partial charge >= 0.3 is 0 Å². The van der Waals surface area contributed by atoms with Gasteiger partial charge in [0.15, 0.2) is 5.13 Å². The third-order valence-corrected chi connectivity index (χ3v) is 5.52. The molecule has 168 valence electrons. The van der Waals surface area contributed by atoms with Crippen molar-refractivity contribution < 1.29 is 19.2 Å². The predicted molar refractivity (Wildman–Crippen MR) is 122 cm³/mol. The van der Waals surface area contributed by atoms with Crippen molar-refractivity contribution >= 4 is 39.0 Å². The summed E-state index contributed by atoms with van der Waals surface area (Å²) in [6.07, 6.45) is 1.18. The predicted octanol–water partition coefficient (Wildman–Crippen LogP) is 3.08. The Bertz CT molecular complexity index is 1430. The maximum absolute atomic E-state index is 12.7. The second-order valence-corrected chi connectivity index (χ2v) is 7.65. The van der Waals surface area contributed by atoms with Gasteiger partial charge in [-0.05, 0) is 24.3 Å². The largest absolute Gasteiger partial charge is 0.497 e. The lowest BCUT2D eigenvalue weighted by atomic mass is 10.1. The van der Waals surface area contributed by atoms with Crippen LogP contribution in [0, 0.1) is 10.1 Å². The highest BCUT2D eigenvalue weighted by atomic mass is 32.1. The Morgan fingerprint density at radius 1 is 1.21 bits per heavy atom. The lowest BCUT2D eigenvalue weighted by Gasteiger charge is -2.08. The molecule has 0 bridgehead atoms. The Hall–Kier alpha value is -4.32. The van der Waals surface area contributed by atoms with Crippen LogP contribution in [0.1, 0.15) is 0 Å².